The molecule has 0 radical (unpaired) electrons. The number of nitriles is 1. The zero-order valence-electron chi connectivity index (χ0n) is 11.0. The maximum Gasteiger partial charge on any atom is 0.146 e. The van der Waals surface area contributed by atoms with E-state index in [4.69, 9.17) is 4.74 Å². The Morgan fingerprint density at radius 3 is 3.11 bits per heavy atom. The van der Waals surface area contributed by atoms with E-state index in [1.807, 2.05) is 20.0 Å². The lowest BCUT2D eigenvalue weighted by atomic mass is 10.0. The molecule has 0 saturated carbocycles. The molecule has 0 amide bonds. The summed E-state index contributed by atoms with van der Waals surface area (Å²) in [6.45, 7) is 4.54. The van der Waals surface area contributed by atoms with E-state index in [2.05, 4.69) is 16.0 Å². The van der Waals surface area contributed by atoms with Crippen LogP contribution in [-0.2, 0) is 4.74 Å². The zero-order valence-corrected chi connectivity index (χ0v) is 11.0. The summed E-state index contributed by atoms with van der Waals surface area (Å²) in [5.74, 6) is 1.32. The lowest BCUT2D eigenvalue weighted by Gasteiger charge is -2.28. The second kappa shape index (κ2) is 5.83. The fourth-order valence-corrected chi connectivity index (χ4v) is 2.40. The minimum Gasteiger partial charge on any atom is -0.381 e. The molecule has 1 atom stereocenters. The number of ether oxygens (including phenoxy) is 1. The molecular formula is C14H19N3O. The molecule has 2 heterocycles. The van der Waals surface area contributed by atoms with E-state index in [9.17, 15) is 5.26 Å². The molecule has 1 aliphatic heterocycles. The van der Waals surface area contributed by atoms with E-state index in [0.717, 1.165) is 37.6 Å². The van der Waals surface area contributed by atoms with Gasteiger partial charge in [-0.1, -0.05) is 0 Å². The third-order valence-electron chi connectivity index (χ3n) is 3.40. The molecule has 2 rings (SSSR count). The van der Waals surface area contributed by atoms with Gasteiger partial charge in [-0.05, 0) is 37.3 Å². The Balaban J connectivity index is 2.11. The summed E-state index contributed by atoms with van der Waals surface area (Å²) in [6.07, 6.45) is 4.09. The molecular weight excluding hydrogens is 226 g/mol. The minimum atomic E-state index is 0.539. The van der Waals surface area contributed by atoms with Crippen molar-refractivity contribution in [3.05, 3.63) is 23.4 Å². The van der Waals surface area contributed by atoms with Crippen molar-refractivity contribution >= 4 is 5.82 Å². The molecule has 0 N–H and O–H groups in total. The van der Waals surface area contributed by atoms with Crippen LogP contribution in [0.4, 0.5) is 5.82 Å². The van der Waals surface area contributed by atoms with Gasteiger partial charge in [-0.3, -0.25) is 0 Å². The van der Waals surface area contributed by atoms with E-state index in [-0.39, 0.29) is 0 Å². The fourth-order valence-electron chi connectivity index (χ4n) is 2.40. The first kappa shape index (κ1) is 12.8. The molecule has 1 aromatic heterocycles. The topological polar surface area (TPSA) is 49.2 Å². The Kier molecular flexibility index (Phi) is 4.16. The predicted octanol–water partition coefficient (Wildman–Crippen LogP) is 2.12. The molecule has 4 nitrogen and oxygen atoms in total. The van der Waals surface area contributed by atoms with Crippen LogP contribution in [0.5, 0.6) is 0 Å². The van der Waals surface area contributed by atoms with Gasteiger partial charge in [0, 0.05) is 26.4 Å². The van der Waals surface area contributed by atoms with E-state index in [1.165, 1.54) is 6.42 Å². The van der Waals surface area contributed by atoms with Crippen LogP contribution in [0, 0.1) is 24.2 Å². The lowest BCUT2D eigenvalue weighted by Crippen LogP contribution is -2.31. The minimum absolute atomic E-state index is 0.539. The Morgan fingerprint density at radius 2 is 2.44 bits per heavy atom. The van der Waals surface area contributed by atoms with Gasteiger partial charge < -0.3 is 9.64 Å². The maximum absolute atomic E-state index is 9.21. The molecule has 4 heteroatoms. The van der Waals surface area contributed by atoms with Crippen LogP contribution in [0.2, 0.25) is 0 Å². The first-order chi connectivity index (χ1) is 8.72. The Morgan fingerprint density at radius 1 is 1.61 bits per heavy atom. The van der Waals surface area contributed by atoms with Crippen molar-refractivity contribution in [3.8, 4) is 6.07 Å². The summed E-state index contributed by atoms with van der Waals surface area (Å²) in [6, 6.07) is 4.12. The summed E-state index contributed by atoms with van der Waals surface area (Å²) < 4.78 is 5.49. The van der Waals surface area contributed by atoms with Crippen LogP contribution in [-0.4, -0.2) is 31.8 Å². The predicted molar refractivity (Wildman–Crippen MR) is 70.5 cm³/mol. The summed E-state index contributed by atoms with van der Waals surface area (Å²) in [5, 5.41) is 9.21. The Hall–Kier alpha value is -1.60. The molecule has 0 aliphatic carbocycles. The van der Waals surface area contributed by atoms with Gasteiger partial charge in [0.05, 0.1) is 12.2 Å². The van der Waals surface area contributed by atoms with Crippen molar-refractivity contribution in [2.75, 3.05) is 31.7 Å². The van der Waals surface area contributed by atoms with E-state index in [1.54, 1.807) is 6.20 Å². The third kappa shape index (κ3) is 2.80. The number of rotatable bonds is 3. The quantitative estimate of drug-likeness (QED) is 0.818. The zero-order chi connectivity index (χ0) is 13.0. The van der Waals surface area contributed by atoms with Gasteiger partial charge in [0.1, 0.15) is 11.9 Å². The largest absolute Gasteiger partial charge is 0.381 e. The van der Waals surface area contributed by atoms with Gasteiger partial charge in [-0.25, -0.2) is 4.98 Å². The smallest absolute Gasteiger partial charge is 0.146 e. The highest BCUT2D eigenvalue weighted by Gasteiger charge is 2.18. The molecule has 1 saturated heterocycles. The van der Waals surface area contributed by atoms with Gasteiger partial charge in [0.2, 0.25) is 0 Å². The van der Waals surface area contributed by atoms with Crippen LogP contribution in [0.1, 0.15) is 24.0 Å². The van der Waals surface area contributed by atoms with Crippen molar-refractivity contribution in [1.82, 2.24) is 4.98 Å². The number of hydrogen-bond donors (Lipinski definition) is 0. The van der Waals surface area contributed by atoms with Crippen molar-refractivity contribution in [3.63, 3.8) is 0 Å². The summed E-state index contributed by atoms with van der Waals surface area (Å²) in [4.78, 5) is 6.41. The van der Waals surface area contributed by atoms with Gasteiger partial charge >= 0.3 is 0 Å². The normalized spacial score (nSPS) is 19.3. The third-order valence-corrected chi connectivity index (χ3v) is 3.40. The maximum atomic E-state index is 9.21. The van der Waals surface area contributed by atoms with E-state index in [0.29, 0.717) is 11.5 Å². The SMILES string of the molecule is Cc1ccnc(N(C)CC2CCCOC2)c1C#N. The van der Waals surface area contributed by atoms with Crippen LogP contribution in [0.25, 0.3) is 0 Å². The molecule has 1 aliphatic rings. The number of pyridine rings is 1. The number of anilines is 1. The van der Waals surface area contributed by atoms with Crippen LogP contribution < -0.4 is 4.90 Å². The number of hydrogen-bond acceptors (Lipinski definition) is 4. The number of aryl methyl sites for hydroxylation is 1. The average molecular weight is 245 g/mol. The van der Waals surface area contributed by atoms with Gasteiger partial charge in [-0.15, -0.1) is 0 Å². The van der Waals surface area contributed by atoms with Crippen molar-refractivity contribution in [2.24, 2.45) is 5.92 Å². The average Bonchev–Trinajstić information content (AvgIpc) is 2.39. The summed E-state index contributed by atoms with van der Waals surface area (Å²) >= 11 is 0. The molecule has 1 aromatic rings. The first-order valence-corrected chi connectivity index (χ1v) is 6.37. The van der Waals surface area contributed by atoms with Crippen LogP contribution in [0.15, 0.2) is 12.3 Å². The van der Waals surface area contributed by atoms with Crippen molar-refractivity contribution in [2.45, 2.75) is 19.8 Å². The highest BCUT2D eigenvalue weighted by molar-refractivity contribution is 5.56. The summed E-state index contributed by atoms with van der Waals surface area (Å²) in [7, 11) is 2.00. The second-order valence-corrected chi connectivity index (χ2v) is 4.90. The Labute approximate surface area is 108 Å². The van der Waals surface area contributed by atoms with Crippen molar-refractivity contribution < 1.29 is 4.74 Å². The van der Waals surface area contributed by atoms with Crippen LogP contribution in [0.3, 0.4) is 0 Å². The second-order valence-electron chi connectivity index (χ2n) is 4.90. The Bertz CT molecular complexity index is 447. The highest BCUT2D eigenvalue weighted by atomic mass is 16.5. The highest BCUT2D eigenvalue weighted by Crippen LogP contribution is 2.22. The molecule has 18 heavy (non-hydrogen) atoms. The number of nitrogens with zero attached hydrogens (tertiary/aromatic N) is 3. The first-order valence-electron chi connectivity index (χ1n) is 6.37. The fraction of sp³-hybridized carbons (Fsp3) is 0.571. The standard InChI is InChI=1S/C14H19N3O/c1-11-5-6-16-14(13(11)8-15)17(2)9-12-4-3-7-18-10-12/h5-6,12H,3-4,7,9-10H2,1-2H3. The number of aromatic nitrogens is 1. The molecule has 1 unspecified atom stereocenters. The summed E-state index contributed by atoms with van der Waals surface area (Å²) in [5.41, 5.74) is 1.66. The van der Waals surface area contributed by atoms with E-state index < -0.39 is 0 Å². The molecule has 0 spiro atoms. The monoisotopic (exact) mass is 245 g/mol. The molecule has 1 fully saturated rings. The lowest BCUT2D eigenvalue weighted by molar-refractivity contribution is 0.0576. The molecule has 96 valence electrons. The molecule has 0 aromatic carbocycles. The molecule has 0 bridgehead atoms. The van der Waals surface area contributed by atoms with Gasteiger partial charge in [0.15, 0.2) is 0 Å². The van der Waals surface area contributed by atoms with Crippen LogP contribution >= 0.6 is 0 Å². The van der Waals surface area contributed by atoms with Gasteiger partial charge in [-0.2, -0.15) is 5.26 Å². The van der Waals surface area contributed by atoms with Gasteiger partial charge in [0.25, 0.3) is 0 Å². The van der Waals surface area contributed by atoms with E-state index >= 15 is 0 Å². The van der Waals surface area contributed by atoms with Crippen molar-refractivity contribution in [1.29, 1.82) is 5.26 Å².